The van der Waals surface area contributed by atoms with Crippen molar-refractivity contribution in [1.82, 2.24) is 20.1 Å². The lowest BCUT2D eigenvalue weighted by Gasteiger charge is -1.97. The zero-order valence-corrected chi connectivity index (χ0v) is 10.6. The van der Waals surface area contributed by atoms with Crippen LogP contribution in [-0.2, 0) is 0 Å². The van der Waals surface area contributed by atoms with E-state index in [9.17, 15) is 0 Å². The molecule has 96 valence electrons. The third-order valence-corrected chi connectivity index (χ3v) is 2.80. The topological polar surface area (TPSA) is 88.5 Å². The first-order chi connectivity index (χ1) is 9.78. The first kappa shape index (κ1) is 12.0. The van der Waals surface area contributed by atoms with Crippen LogP contribution in [0.1, 0.15) is 11.1 Å². The van der Waals surface area contributed by atoms with Crippen molar-refractivity contribution in [3.63, 3.8) is 0 Å². The monoisotopic (exact) mass is 263 g/mol. The van der Waals surface area contributed by atoms with Crippen LogP contribution in [0.25, 0.3) is 23.0 Å². The van der Waals surface area contributed by atoms with Crippen LogP contribution in [-0.4, -0.2) is 20.1 Å². The first-order valence-corrected chi connectivity index (χ1v) is 5.89. The van der Waals surface area contributed by atoms with Crippen LogP contribution in [0, 0.1) is 18.3 Å². The molecule has 0 aliphatic carbocycles. The zero-order chi connectivity index (χ0) is 13.9. The molecule has 0 spiro atoms. The molecule has 0 saturated carbocycles. The minimum absolute atomic E-state index is 0.320. The van der Waals surface area contributed by atoms with Crippen molar-refractivity contribution in [2.45, 2.75) is 6.92 Å². The van der Waals surface area contributed by atoms with Gasteiger partial charge >= 0.3 is 0 Å². The number of rotatable bonds is 2. The van der Waals surface area contributed by atoms with Gasteiger partial charge in [0.25, 0.3) is 5.89 Å². The quantitative estimate of drug-likeness (QED) is 0.705. The molecule has 3 aromatic rings. The summed E-state index contributed by atoms with van der Waals surface area (Å²) in [6.07, 6.45) is 4.89. The predicted molar refractivity (Wildman–Crippen MR) is 70.2 cm³/mol. The van der Waals surface area contributed by atoms with E-state index in [1.165, 1.54) is 6.20 Å². The van der Waals surface area contributed by atoms with E-state index in [1.54, 1.807) is 24.5 Å². The minimum atomic E-state index is 0.320. The number of nitriles is 1. The van der Waals surface area contributed by atoms with Crippen molar-refractivity contribution in [1.29, 1.82) is 5.26 Å². The van der Waals surface area contributed by atoms with Gasteiger partial charge in [0.1, 0.15) is 11.8 Å². The van der Waals surface area contributed by atoms with Crippen LogP contribution < -0.4 is 0 Å². The van der Waals surface area contributed by atoms with Crippen LogP contribution in [0.15, 0.2) is 41.3 Å². The van der Waals surface area contributed by atoms with E-state index >= 15 is 0 Å². The standard InChI is InChI=1S/C14H9N5O/c1-9-7-16-5-4-11(9)13-18-14(20-19-13)12-3-2-10(6-15)8-17-12/h2-5,7-8H,1H3. The fourth-order valence-electron chi connectivity index (χ4n) is 1.75. The summed E-state index contributed by atoms with van der Waals surface area (Å²) in [6, 6.07) is 7.17. The van der Waals surface area contributed by atoms with Crippen molar-refractivity contribution in [2.75, 3.05) is 0 Å². The summed E-state index contributed by atoms with van der Waals surface area (Å²) in [6.45, 7) is 1.93. The second-order valence-electron chi connectivity index (χ2n) is 4.16. The van der Waals surface area contributed by atoms with Gasteiger partial charge in [-0.25, -0.2) is 4.98 Å². The molecule has 0 unspecified atom stereocenters. The Balaban J connectivity index is 1.98. The summed E-state index contributed by atoms with van der Waals surface area (Å²) in [5.41, 5.74) is 2.85. The molecule has 3 aromatic heterocycles. The molecule has 0 fully saturated rings. The first-order valence-electron chi connectivity index (χ1n) is 5.89. The Morgan fingerprint density at radius 3 is 2.80 bits per heavy atom. The molecule has 3 heterocycles. The molecular formula is C14H9N5O. The molecule has 0 N–H and O–H groups in total. The highest BCUT2D eigenvalue weighted by molar-refractivity contribution is 5.60. The molecule has 0 aliphatic heterocycles. The molecule has 3 rings (SSSR count). The number of pyridine rings is 2. The highest BCUT2D eigenvalue weighted by Gasteiger charge is 2.13. The molecule has 0 bridgehead atoms. The Morgan fingerprint density at radius 1 is 1.20 bits per heavy atom. The van der Waals surface area contributed by atoms with Crippen molar-refractivity contribution < 1.29 is 4.52 Å². The summed E-state index contributed by atoms with van der Waals surface area (Å²) in [4.78, 5) is 12.5. The molecule has 0 aromatic carbocycles. The maximum absolute atomic E-state index is 8.74. The Bertz CT molecular complexity index is 786. The predicted octanol–water partition coefficient (Wildman–Crippen LogP) is 2.37. The fourth-order valence-corrected chi connectivity index (χ4v) is 1.75. The minimum Gasteiger partial charge on any atom is -0.332 e. The summed E-state index contributed by atoms with van der Waals surface area (Å²) in [5, 5.41) is 12.7. The van der Waals surface area contributed by atoms with Gasteiger partial charge in [0.05, 0.1) is 5.56 Å². The molecule has 0 atom stereocenters. The summed E-state index contributed by atoms with van der Waals surface area (Å²) >= 11 is 0. The van der Waals surface area contributed by atoms with Crippen LogP contribution in [0.5, 0.6) is 0 Å². The van der Waals surface area contributed by atoms with Crippen LogP contribution in [0.4, 0.5) is 0 Å². The summed E-state index contributed by atoms with van der Waals surface area (Å²) in [5.74, 6) is 0.812. The number of aryl methyl sites for hydroxylation is 1. The maximum Gasteiger partial charge on any atom is 0.276 e. The van der Waals surface area contributed by atoms with Gasteiger partial charge in [-0.15, -0.1) is 0 Å². The van der Waals surface area contributed by atoms with Crippen molar-refractivity contribution >= 4 is 0 Å². The second kappa shape index (κ2) is 4.90. The average Bonchev–Trinajstić information content (AvgIpc) is 2.97. The van der Waals surface area contributed by atoms with Crippen molar-refractivity contribution in [3.05, 3.63) is 47.9 Å². The molecule has 0 saturated heterocycles. The van der Waals surface area contributed by atoms with Crippen LogP contribution in [0.3, 0.4) is 0 Å². The zero-order valence-electron chi connectivity index (χ0n) is 10.6. The molecule has 6 nitrogen and oxygen atoms in total. The second-order valence-corrected chi connectivity index (χ2v) is 4.16. The van der Waals surface area contributed by atoms with Gasteiger partial charge in [0, 0.05) is 24.2 Å². The normalized spacial score (nSPS) is 10.2. The van der Waals surface area contributed by atoms with Gasteiger partial charge in [0.15, 0.2) is 0 Å². The molecular weight excluding hydrogens is 254 g/mol. The van der Waals surface area contributed by atoms with E-state index in [0.717, 1.165) is 11.1 Å². The van der Waals surface area contributed by atoms with Gasteiger partial charge in [-0.3, -0.25) is 4.98 Å². The molecule has 0 radical (unpaired) electrons. The number of nitrogens with zero attached hydrogens (tertiary/aromatic N) is 5. The SMILES string of the molecule is Cc1cnccc1-c1noc(-c2ccc(C#N)cn2)n1. The smallest absolute Gasteiger partial charge is 0.276 e. The molecule has 6 heteroatoms. The van der Waals surface area contributed by atoms with E-state index < -0.39 is 0 Å². The fraction of sp³-hybridized carbons (Fsp3) is 0.0714. The van der Waals surface area contributed by atoms with Gasteiger partial charge in [0.2, 0.25) is 5.82 Å². The molecule has 0 amide bonds. The largest absolute Gasteiger partial charge is 0.332 e. The Labute approximate surface area is 114 Å². The molecule has 20 heavy (non-hydrogen) atoms. The van der Waals surface area contributed by atoms with Crippen molar-refractivity contribution in [2.24, 2.45) is 0 Å². The van der Waals surface area contributed by atoms with Crippen LogP contribution >= 0.6 is 0 Å². The van der Waals surface area contributed by atoms with E-state index in [0.29, 0.717) is 23.0 Å². The van der Waals surface area contributed by atoms with Gasteiger partial charge in [-0.1, -0.05) is 5.16 Å². The van der Waals surface area contributed by atoms with Gasteiger partial charge < -0.3 is 4.52 Å². The lowest BCUT2D eigenvalue weighted by atomic mass is 10.1. The van der Waals surface area contributed by atoms with Crippen LogP contribution in [0.2, 0.25) is 0 Å². The Morgan fingerprint density at radius 2 is 2.10 bits per heavy atom. The summed E-state index contributed by atoms with van der Waals surface area (Å²) in [7, 11) is 0. The van der Waals surface area contributed by atoms with Gasteiger partial charge in [-0.2, -0.15) is 10.2 Å². The summed E-state index contributed by atoms with van der Waals surface area (Å²) < 4.78 is 5.21. The number of hydrogen-bond acceptors (Lipinski definition) is 6. The highest BCUT2D eigenvalue weighted by Crippen LogP contribution is 2.22. The Kier molecular flexibility index (Phi) is 2.94. The van der Waals surface area contributed by atoms with E-state index in [4.69, 9.17) is 9.78 Å². The highest BCUT2D eigenvalue weighted by atomic mass is 16.5. The lowest BCUT2D eigenvalue weighted by molar-refractivity contribution is 0.431. The Hall–Kier alpha value is -3.07. The van der Waals surface area contributed by atoms with E-state index in [-0.39, 0.29) is 0 Å². The molecule has 0 aliphatic rings. The van der Waals surface area contributed by atoms with E-state index in [1.807, 2.05) is 19.1 Å². The third kappa shape index (κ3) is 2.12. The van der Waals surface area contributed by atoms with Gasteiger partial charge in [-0.05, 0) is 30.7 Å². The number of hydrogen-bond donors (Lipinski definition) is 0. The average molecular weight is 263 g/mol. The van der Waals surface area contributed by atoms with Crippen molar-refractivity contribution in [3.8, 4) is 29.0 Å². The maximum atomic E-state index is 8.74. The lowest BCUT2D eigenvalue weighted by Crippen LogP contribution is -1.87. The van der Waals surface area contributed by atoms with E-state index in [2.05, 4.69) is 20.1 Å². The third-order valence-electron chi connectivity index (χ3n) is 2.80. The number of aromatic nitrogens is 4.